The fourth-order valence-electron chi connectivity index (χ4n) is 11.1. The lowest BCUT2D eigenvalue weighted by Gasteiger charge is -2.44. The summed E-state index contributed by atoms with van der Waals surface area (Å²) in [7, 11) is 4.63. The molecule has 9 rings (SSSR count). The summed E-state index contributed by atoms with van der Waals surface area (Å²) in [5.41, 5.74) is 1.52. The number of Topliss-reactive ketones (excluding diaryl/α,β-unsaturated/α-hetero) is 1. The van der Waals surface area contributed by atoms with Gasteiger partial charge in [-0.25, -0.2) is 19.2 Å². The van der Waals surface area contributed by atoms with Gasteiger partial charge in [-0.1, -0.05) is 127 Å². The van der Waals surface area contributed by atoms with Crippen molar-refractivity contribution in [1.29, 1.82) is 0 Å². The average Bonchev–Trinajstić information content (AvgIpc) is 1.00. The van der Waals surface area contributed by atoms with E-state index in [0.29, 0.717) is 11.5 Å². The third kappa shape index (κ3) is 17.9. The van der Waals surface area contributed by atoms with Gasteiger partial charge in [0.15, 0.2) is 30.4 Å². The summed E-state index contributed by atoms with van der Waals surface area (Å²) >= 11 is 0. The fourth-order valence-corrected chi connectivity index (χ4v) is 11.1. The smallest absolute Gasteiger partial charge is 0.338 e. The molecule has 0 radical (unpaired) electrons. The Morgan fingerprint density at radius 2 is 0.968 bits per heavy atom. The Balaban J connectivity index is 0.911. The lowest BCUT2D eigenvalue weighted by Crippen LogP contribution is -2.63. The summed E-state index contributed by atoms with van der Waals surface area (Å²) in [4.78, 5) is 109. The molecule has 1 aliphatic carbocycles. The van der Waals surface area contributed by atoms with Gasteiger partial charge in [-0.05, 0) is 108 Å². The number of benzene rings is 7. The SMILES string of the molecule is CNC(=O)CCC(=O)O[C@H]1CC(C(=O)COCCNC(=O)CO[C@H]2OC(COC(=O)c3ccccc3)[C@@H](OC(=O)c3ccccc3)[C@H](OC(=O)c3ccccc3)C2OC(=O)c2ccccc2)[C@H](COC(c2ccccc2)(c2ccc(OC)cc2)c2ccc(OC)cc2)C1. The minimum atomic E-state index is -1.76. The number of methoxy groups -OCH3 is 2. The van der Waals surface area contributed by atoms with E-state index in [1.807, 2.05) is 78.9 Å². The summed E-state index contributed by atoms with van der Waals surface area (Å²) in [6.07, 6.45) is -8.93. The van der Waals surface area contributed by atoms with E-state index in [0.717, 1.165) is 16.7 Å². The van der Waals surface area contributed by atoms with Crippen molar-refractivity contribution in [3.8, 4) is 11.5 Å². The van der Waals surface area contributed by atoms with E-state index in [1.165, 1.54) is 55.6 Å². The van der Waals surface area contributed by atoms with Gasteiger partial charge in [0, 0.05) is 25.9 Å². The maximum Gasteiger partial charge on any atom is 0.338 e. The number of amides is 2. The van der Waals surface area contributed by atoms with Crippen molar-refractivity contribution in [2.75, 3.05) is 60.8 Å². The standard InChI is InChI=1S/C72H72N2O19/c1-73-61(76)37-38-63(78)89-57-41-51(43-88-72(52-27-17-8-18-28-52,53-29-33-55(83-2)34-30-53)54-31-35-56(84-3)36-32-54)58(42-57)59(75)44-85-40-39-74-62(77)46-87-71-66(93-70(82)50-25-15-7-16-26-50)65(92-69(81)49-23-13-6-14-24-49)64(91-68(80)48-21-11-5-12-22-48)60(90-71)45-86-67(79)47-19-9-4-10-20-47/h4-36,51,57-58,60,64-66,71H,37-46H2,1-3H3,(H,73,76)(H,74,77)/t51-,57+,58?,60?,64+,65-,66?,71-/m0/s1. The average molecular weight is 1270 g/mol. The molecule has 1 aliphatic heterocycles. The summed E-state index contributed by atoms with van der Waals surface area (Å²) in [5, 5.41) is 5.19. The zero-order chi connectivity index (χ0) is 65.5. The van der Waals surface area contributed by atoms with Crippen molar-refractivity contribution < 1.29 is 90.5 Å². The zero-order valence-corrected chi connectivity index (χ0v) is 51.5. The van der Waals surface area contributed by atoms with Crippen LogP contribution in [0.15, 0.2) is 200 Å². The monoisotopic (exact) mass is 1270 g/mol. The molecule has 2 aliphatic rings. The first kappa shape index (κ1) is 67.3. The Hall–Kier alpha value is -10.1. The molecule has 7 aromatic carbocycles. The lowest BCUT2D eigenvalue weighted by molar-refractivity contribution is -0.296. The van der Waals surface area contributed by atoms with Gasteiger partial charge in [0.1, 0.15) is 49.1 Å². The van der Waals surface area contributed by atoms with E-state index in [4.69, 9.17) is 52.1 Å². The molecule has 93 heavy (non-hydrogen) atoms. The van der Waals surface area contributed by atoms with Crippen LogP contribution < -0.4 is 20.1 Å². The third-order valence-corrected chi connectivity index (χ3v) is 15.8. The highest BCUT2D eigenvalue weighted by atomic mass is 16.7. The van der Waals surface area contributed by atoms with Crippen LogP contribution in [0.2, 0.25) is 0 Å². The third-order valence-electron chi connectivity index (χ3n) is 15.8. The number of ether oxygens (including phenoxy) is 11. The normalized spacial score (nSPS) is 19.2. The molecule has 0 aromatic heterocycles. The van der Waals surface area contributed by atoms with Gasteiger partial charge >= 0.3 is 29.8 Å². The Morgan fingerprint density at radius 1 is 0.495 bits per heavy atom. The van der Waals surface area contributed by atoms with Crippen molar-refractivity contribution in [2.45, 2.75) is 68.1 Å². The molecule has 0 spiro atoms. The molecule has 1 saturated heterocycles. The van der Waals surface area contributed by atoms with Gasteiger partial charge in [0.25, 0.3) is 0 Å². The minimum Gasteiger partial charge on any atom is -0.497 e. The van der Waals surface area contributed by atoms with Crippen LogP contribution in [0.25, 0.3) is 0 Å². The van der Waals surface area contributed by atoms with Crippen LogP contribution in [0.4, 0.5) is 0 Å². The van der Waals surface area contributed by atoms with E-state index in [9.17, 15) is 38.4 Å². The van der Waals surface area contributed by atoms with Gasteiger partial charge in [0.2, 0.25) is 11.8 Å². The minimum absolute atomic E-state index is 0.0119. The van der Waals surface area contributed by atoms with Gasteiger partial charge in [-0.3, -0.25) is 19.2 Å². The number of rotatable bonds is 30. The van der Waals surface area contributed by atoms with E-state index >= 15 is 0 Å². The molecule has 2 N–H and O–H groups in total. The zero-order valence-electron chi connectivity index (χ0n) is 51.5. The molecule has 484 valence electrons. The molecule has 21 heteroatoms. The largest absolute Gasteiger partial charge is 0.497 e. The number of nitrogens with one attached hydrogen (secondary N) is 2. The highest BCUT2D eigenvalue weighted by Crippen LogP contribution is 2.44. The first-order valence-electron chi connectivity index (χ1n) is 30.3. The number of carbonyl (C=O) groups excluding carboxylic acids is 8. The van der Waals surface area contributed by atoms with Crippen LogP contribution in [0.1, 0.15) is 83.8 Å². The Bertz CT molecular complexity index is 3550. The van der Waals surface area contributed by atoms with E-state index < -0.39 is 110 Å². The topological polar surface area (TPSA) is 262 Å². The second kappa shape index (κ2) is 33.3. The molecular formula is C72H72N2O19. The Labute approximate surface area is 537 Å². The second-order valence-electron chi connectivity index (χ2n) is 21.8. The van der Waals surface area contributed by atoms with Crippen molar-refractivity contribution in [1.82, 2.24) is 10.6 Å². The number of esters is 5. The molecule has 7 aromatic rings. The molecule has 1 saturated carbocycles. The van der Waals surface area contributed by atoms with Gasteiger partial charge in [0.05, 0.1) is 56.1 Å². The van der Waals surface area contributed by atoms with Crippen molar-refractivity contribution in [3.05, 3.63) is 239 Å². The quantitative estimate of drug-likeness (QED) is 0.0185. The summed E-state index contributed by atoms with van der Waals surface area (Å²) in [6, 6.07) is 56.3. The van der Waals surface area contributed by atoms with Crippen LogP contribution in [-0.4, -0.2) is 145 Å². The summed E-state index contributed by atoms with van der Waals surface area (Å²) < 4.78 is 66.6. The van der Waals surface area contributed by atoms with E-state index in [-0.39, 0.29) is 79.4 Å². The van der Waals surface area contributed by atoms with Gasteiger partial charge in [-0.15, -0.1) is 0 Å². The number of hydrogen-bond donors (Lipinski definition) is 2. The predicted molar refractivity (Wildman–Crippen MR) is 335 cm³/mol. The molecular weight excluding hydrogens is 1200 g/mol. The number of ketones is 1. The molecule has 0 bridgehead atoms. The number of carbonyl (C=O) groups is 8. The predicted octanol–water partition coefficient (Wildman–Crippen LogP) is 8.45. The molecule has 1 heterocycles. The van der Waals surface area contributed by atoms with Crippen LogP contribution in [0.5, 0.6) is 11.5 Å². The maximum absolute atomic E-state index is 14.5. The molecule has 2 fully saturated rings. The molecule has 3 unspecified atom stereocenters. The Morgan fingerprint density at radius 3 is 1.47 bits per heavy atom. The summed E-state index contributed by atoms with van der Waals surface area (Å²) in [6.45, 7) is -2.07. The van der Waals surface area contributed by atoms with E-state index in [1.54, 1.807) is 87.0 Å². The second-order valence-corrected chi connectivity index (χ2v) is 21.8. The fraction of sp³-hybridized carbons (Fsp3) is 0.306. The molecule has 21 nitrogen and oxygen atoms in total. The summed E-state index contributed by atoms with van der Waals surface area (Å²) in [5.74, 6) is -5.46. The van der Waals surface area contributed by atoms with Crippen molar-refractivity contribution in [3.63, 3.8) is 0 Å². The first-order chi connectivity index (χ1) is 45.3. The van der Waals surface area contributed by atoms with E-state index in [2.05, 4.69) is 10.6 Å². The molecule has 8 atom stereocenters. The van der Waals surface area contributed by atoms with Crippen molar-refractivity contribution >= 4 is 47.4 Å². The van der Waals surface area contributed by atoms with Gasteiger partial charge in [-0.2, -0.15) is 0 Å². The van der Waals surface area contributed by atoms with Crippen LogP contribution in [0, 0.1) is 11.8 Å². The highest BCUT2D eigenvalue weighted by molar-refractivity contribution is 5.92. The maximum atomic E-state index is 14.5. The molecule has 2 amide bonds. The first-order valence-corrected chi connectivity index (χ1v) is 30.3. The highest BCUT2D eigenvalue weighted by Gasteiger charge is 2.54. The van der Waals surface area contributed by atoms with Gasteiger partial charge < -0.3 is 62.7 Å². The van der Waals surface area contributed by atoms with Crippen LogP contribution in [0.3, 0.4) is 0 Å². The Kier molecular flexibility index (Phi) is 24.1. The lowest BCUT2D eigenvalue weighted by atomic mass is 9.79. The number of hydrogen-bond acceptors (Lipinski definition) is 19. The van der Waals surface area contributed by atoms with Crippen LogP contribution in [-0.2, 0) is 67.4 Å². The van der Waals surface area contributed by atoms with Crippen LogP contribution >= 0.6 is 0 Å². The van der Waals surface area contributed by atoms with Crippen molar-refractivity contribution in [2.24, 2.45) is 11.8 Å².